The van der Waals surface area contributed by atoms with E-state index >= 15 is 0 Å². The molecule has 2 rings (SSSR count). The number of carbonyl (C=O) groups excluding carboxylic acids is 1. The molecular weight excluding hydrogens is 292 g/mol. The van der Waals surface area contributed by atoms with E-state index in [4.69, 9.17) is 15.7 Å². The van der Waals surface area contributed by atoms with Gasteiger partial charge >= 0.3 is 0 Å². The normalized spacial score (nSPS) is 18.6. The molecule has 0 bridgehead atoms. The standard InChI is InChI=1S/C13H20N4O3S/c1-9(12(14)15-19)16-3-5-17(6-4-16)13(18)11-7-10(20-2)8-21-11/h7-9,19H,3-6H2,1-2H3,(H2,14,15). The monoisotopic (exact) mass is 312 g/mol. The first-order valence-electron chi connectivity index (χ1n) is 6.70. The Bertz CT molecular complexity index is 523. The van der Waals surface area contributed by atoms with Crippen LogP contribution >= 0.6 is 11.3 Å². The molecule has 2 heterocycles. The zero-order valence-electron chi connectivity index (χ0n) is 12.2. The molecule has 1 aromatic rings. The predicted octanol–water partition coefficient (Wildman–Crippen LogP) is 0.649. The quantitative estimate of drug-likeness (QED) is 0.369. The van der Waals surface area contributed by atoms with Gasteiger partial charge in [-0.05, 0) is 6.92 Å². The fourth-order valence-electron chi connectivity index (χ4n) is 2.28. The second-order valence-electron chi connectivity index (χ2n) is 4.88. The van der Waals surface area contributed by atoms with Crippen LogP contribution < -0.4 is 10.5 Å². The Morgan fingerprint density at radius 1 is 1.48 bits per heavy atom. The third kappa shape index (κ3) is 3.45. The van der Waals surface area contributed by atoms with Crippen LogP contribution in [-0.4, -0.2) is 66.1 Å². The van der Waals surface area contributed by atoms with E-state index in [9.17, 15) is 4.79 Å². The van der Waals surface area contributed by atoms with Crippen LogP contribution in [0.4, 0.5) is 0 Å². The lowest BCUT2D eigenvalue weighted by Crippen LogP contribution is -2.54. The SMILES string of the molecule is COc1csc(C(=O)N2CCN(C(C)C(N)=NO)CC2)c1. The van der Waals surface area contributed by atoms with Crippen molar-refractivity contribution in [2.24, 2.45) is 10.9 Å². The average Bonchev–Trinajstić information content (AvgIpc) is 3.02. The summed E-state index contributed by atoms with van der Waals surface area (Å²) < 4.78 is 5.10. The Morgan fingerprint density at radius 2 is 2.14 bits per heavy atom. The lowest BCUT2D eigenvalue weighted by Gasteiger charge is -2.37. The Balaban J connectivity index is 1.93. The summed E-state index contributed by atoms with van der Waals surface area (Å²) in [5.74, 6) is 0.930. The molecule has 8 heteroatoms. The molecule has 116 valence electrons. The van der Waals surface area contributed by atoms with E-state index in [0.717, 1.165) is 0 Å². The van der Waals surface area contributed by atoms with Crippen LogP contribution in [0.25, 0.3) is 0 Å². The molecule has 1 aromatic heterocycles. The minimum atomic E-state index is -0.130. The van der Waals surface area contributed by atoms with Crippen LogP contribution in [0.3, 0.4) is 0 Å². The van der Waals surface area contributed by atoms with Gasteiger partial charge in [0.2, 0.25) is 0 Å². The second kappa shape index (κ2) is 6.77. The molecule has 1 amide bonds. The smallest absolute Gasteiger partial charge is 0.264 e. The first-order chi connectivity index (χ1) is 10.1. The summed E-state index contributed by atoms with van der Waals surface area (Å²) in [6, 6.07) is 1.63. The Hall–Kier alpha value is -1.80. The van der Waals surface area contributed by atoms with Crippen molar-refractivity contribution < 1.29 is 14.7 Å². The molecule has 0 radical (unpaired) electrons. The number of thiophene rings is 1. The van der Waals surface area contributed by atoms with Crippen LogP contribution in [-0.2, 0) is 0 Å². The Morgan fingerprint density at radius 3 is 2.67 bits per heavy atom. The molecule has 1 saturated heterocycles. The number of rotatable bonds is 4. The minimum Gasteiger partial charge on any atom is -0.496 e. The van der Waals surface area contributed by atoms with Crippen LogP contribution in [0.2, 0.25) is 0 Å². The van der Waals surface area contributed by atoms with Gasteiger partial charge in [0.1, 0.15) is 5.75 Å². The van der Waals surface area contributed by atoms with E-state index in [2.05, 4.69) is 10.1 Å². The lowest BCUT2D eigenvalue weighted by molar-refractivity contribution is 0.0623. The summed E-state index contributed by atoms with van der Waals surface area (Å²) >= 11 is 1.39. The van der Waals surface area contributed by atoms with Crippen molar-refractivity contribution in [1.82, 2.24) is 9.80 Å². The van der Waals surface area contributed by atoms with Gasteiger partial charge in [-0.2, -0.15) is 0 Å². The van der Waals surface area contributed by atoms with E-state index in [0.29, 0.717) is 36.8 Å². The third-order valence-corrected chi connectivity index (χ3v) is 4.61. The zero-order chi connectivity index (χ0) is 15.4. The van der Waals surface area contributed by atoms with E-state index in [1.165, 1.54) is 11.3 Å². The van der Waals surface area contributed by atoms with E-state index in [1.54, 1.807) is 13.2 Å². The molecular formula is C13H20N4O3S. The number of methoxy groups -OCH3 is 1. The van der Waals surface area contributed by atoms with Crippen molar-refractivity contribution in [3.63, 3.8) is 0 Å². The van der Waals surface area contributed by atoms with Crippen LogP contribution in [0, 0.1) is 0 Å². The van der Waals surface area contributed by atoms with Crippen molar-refractivity contribution in [3.8, 4) is 5.75 Å². The second-order valence-corrected chi connectivity index (χ2v) is 5.79. The fraction of sp³-hybridized carbons (Fsp3) is 0.538. The van der Waals surface area contributed by atoms with Crippen LogP contribution in [0.15, 0.2) is 16.6 Å². The Kier molecular flexibility index (Phi) is 5.03. The highest BCUT2D eigenvalue weighted by Crippen LogP contribution is 2.23. The molecule has 21 heavy (non-hydrogen) atoms. The number of hydrogen-bond donors (Lipinski definition) is 2. The molecule has 0 spiro atoms. The van der Waals surface area contributed by atoms with Gasteiger partial charge in [-0.3, -0.25) is 9.69 Å². The maximum atomic E-state index is 12.4. The first kappa shape index (κ1) is 15.6. The first-order valence-corrected chi connectivity index (χ1v) is 7.58. The Labute approximate surface area is 127 Å². The number of amidine groups is 1. The summed E-state index contributed by atoms with van der Waals surface area (Å²) in [4.78, 5) is 17.0. The number of hydrogen-bond acceptors (Lipinski definition) is 6. The zero-order valence-corrected chi connectivity index (χ0v) is 13.0. The van der Waals surface area contributed by atoms with Crippen molar-refractivity contribution >= 4 is 23.1 Å². The van der Waals surface area contributed by atoms with Gasteiger partial charge in [-0.1, -0.05) is 5.16 Å². The summed E-state index contributed by atoms with van der Waals surface area (Å²) in [5, 5.41) is 13.6. The topological polar surface area (TPSA) is 91.4 Å². The number of amides is 1. The van der Waals surface area contributed by atoms with Gasteiger partial charge < -0.3 is 20.6 Å². The molecule has 3 N–H and O–H groups in total. The molecule has 0 saturated carbocycles. The average molecular weight is 312 g/mol. The van der Waals surface area contributed by atoms with E-state index < -0.39 is 0 Å². The van der Waals surface area contributed by atoms with Gasteiger partial charge in [0.15, 0.2) is 5.84 Å². The van der Waals surface area contributed by atoms with Crippen molar-refractivity contribution in [2.45, 2.75) is 13.0 Å². The number of ether oxygens (including phenoxy) is 1. The summed E-state index contributed by atoms with van der Waals surface area (Å²) in [6.07, 6.45) is 0. The van der Waals surface area contributed by atoms with Gasteiger partial charge in [0, 0.05) is 37.6 Å². The fourth-order valence-corrected chi connectivity index (χ4v) is 3.10. The number of nitrogens with zero attached hydrogens (tertiary/aromatic N) is 3. The number of piperazine rings is 1. The molecule has 1 fully saturated rings. The van der Waals surface area contributed by atoms with E-state index in [1.807, 2.05) is 17.2 Å². The van der Waals surface area contributed by atoms with Crippen molar-refractivity contribution in [2.75, 3.05) is 33.3 Å². The maximum absolute atomic E-state index is 12.4. The molecule has 1 aliphatic heterocycles. The van der Waals surface area contributed by atoms with Crippen molar-refractivity contribution in [1.29, 1.82) is 0 Å². The van der Waals surface area contributed by atoms with Gasteiger partial charge in [-0.15, -0.1) is 11.3 Å². The molecule has 1 unspecified atom stereocenters. The molecule has 1 aliphatic rings. The highest BCUT2D eigenvalue weighted by Gasteiger charge is 2.27. The van der Waals surface area contributed by atoms with Gasteiger partial charge in [0.05, 0.1) is 18.0 Å². The molecule has 0 aliphatic carbocycles. The van der Waals surface area contributed by atoms with Gasteiger partial charge in [-0.25, -0.2) is 0 Å². The molecule has 7 nitrogen and oxygen atoms in total. The molecule has 1 atom stereocenters. The van der Waals surface area contributed by atoms with Gasteiger partial charge in [0.25, 0.3) is 5.91 Å². The predicted molar refractivity (Wildman–Crippen MR) is 81.2 cm³/mol. The van der Waals surface area contributed by atoms with E-state index in [-0.39, 0.29) is 17.8 Å². The maximum Gasteiger partial charge on any atom is 0.264 e. The largest absolute Gasteiger partial charge is 0.496 e. The van der Waals surface area contributed by atoms with Crippen molar-refractivity contribution in [3.05, 3.63) is 16.3 Å². The summed E-state index contributed by atoms with van der Waals surface area (Å²) in [7, 11) is 1.59. The molecule has 0 aromatic carbocycles. The summed E-state index contributed by atoms with van der Waals surface area (Å²) in [5.41, 5.74) is 5.62. The highest BCUT2D eigenvalue weighted by molar-refractivity contribution is 7.12. The highest BCUT2D eigenvalue weighted by atomic mass is 32.1. The number of carbonyl (C=O) groups is 1. The lowest BCUT2D eigenvalue weighted by atomic mass is 10.2. The third-order valence-electron chi connectivity index (χ3n) is 3.71. The minimum absolute atomic E-state index is 0.0272. The number of nitrogens with two attached hydrogens (primary N) is 1. The van der Waals surface area contributed by atoms with Crippen LogP contribution in [0.5, 0.6) is 5.75 Å². The summed E-state index contributed by atoms with van der Waals surface area (Å²) in [6.45, 7) is 4.54. The number of oxime groups is 1. The van der Waals surface area contributed by atoms with Crippen LogP contribution in [0.1, 0.15) is 16.6 Å².